The van der Waals surface area contributed by atoms with E-state index in [4.69, 9.17) is 0 Å². The largest absolute Gasteiger partial charge is 0.362 e. The Balaban J connectivity index is 0.00000109. The van der Waals surface area contributed by atoms with Crippen LogP contribution in [0, 0.1) is 20.8 Å². The van der Waals surface area contributed by atoms with Gasteiger partial charge in [0.2, 0.25) is 7.41 Å². The summed E-state index contributed by atoms with van der Waals surface area (Å²) < 4.78 is 0. The van der Waals surface area contributed by atoms with Gasteiger partial charge in [-0.1, -0.05) is 68.2 Å². The summed E-state index contributed by atoms with van der Waals surface area (Å²) in [4.78, 5) is 5.02. The third-order valence-corrected chi connectivity index (χ3v) is 4.90. The fourth-order valence-corrected chi connectivity index (χ4v) is 3.53. The molecule has 3 rings (SSSR count). The van der Waals surface area contributed by atoms with Crippen molar-refractivity contribution in [3.8, 4) is 0 Å². The molecule has 0 N–H and O–H groups in total. The highest BCUT2D eigenvalue weighted by atomic mass is 15.3. The van der Waals surface area contributed by atoms with Gasteiger partial charge in [0.15, 0.2) is 0 Å². The zero-order valence-electron chi connectivity index (χ0n) is 16.7. The molecule has 0 bridgehead atoms. The number of piperazine rings is 1. The van der Waals surface area contributed by atoms with Crippen molar-refractivity contribution in [3.05, 3.63) is 64.7 Å². The average molecular weight is 335 g/mol. The van der Waals surface area contributed by atoms with Crippen molar-refractivity contribution in [2.24, 2.45) is 0 Å². The number of rotatable bonds is 3. The molecule has 2 aromatic rings. The van der Waals surface area contributed by atoms with E-state index in [1.165, 1.54) is 27.9 Å². The molecule has 1 saturated heterocycles. The van der Waals surface area contributed by atoms with Crippen molar-refractivity contribution in [1.82, 2.24) is 4.81 Å². The summed E-state index contributed by atoms with van der Waals surface area (Å²) in [7, 11) is 2.22. The molecule has 1 aliphatic rings. The SMILES string of the molecule is CC.C[B]N1CCN(c2ccc(C)cc2C)C(c2ccc(C)cc2)C1. The van der Waals surface area contributed by atoms with Crippen LogP contribution in [0.2, 0.25) is 6.82 Å². The fraction of sp³-hybridized carbons (Fsp3) is 0.455. The molecule has 2 aromatic carbocycles. The molecule has 0 aromatic heterocycles. The lowest BCUT2D eigenvalue weighted by atomic mass is 9.90. The van der Waals surface area contributed by atoms with Crippen LogP contribution in [0.25, 0.3) is 0 Å². The summed E-state index contributed by atoms with van der Waals surface area (Å²) >= 11 is 0. The third-order valence-electron chi connectivity index (χ3n) is 4.90. The molecule has 3 heteroatoms. The van der Waals surface area contributed by atoms with Crippen LogP contribution in [0.5, 0.6) is 0 Å². The maximum Gasteiger partial charge on any atom is 0.205 e. The van der Waals surface area contributed by atoms with E-state index in [9.17, 15) is 0 Å². The average Bonchev–Trinajstić information content (AvgIpc) is 2.64. The number of hydrogen-bond donors (Lipinski definition) is 0. The van der Waals surface area contributed by atoms with Crippen molar-refractivity contribution in [1.29, 1.82) is 0 Å². The van der Waals surface area contributed by atoms with Crippen LogP contribution < -0.4 is 4.90 Å². The Labute approximate surface area is 155 Å². The first-order chi connectivity index (χ1) is 12.1. The first-order valence-electron chi connectivity index (χ1n) is 9.52. The van der Waals surface area contributed by atoms with Gasteiger partial charge in [0.05, 0.1) is 6.04 Å². The van der Waals surface area contributed by atoms with Crippen LogP contribution in [-0.4, -0.2) is 31.9 Å². The molecular formula is C22H32BN2. The lowest BCUT2D eigenvalue weighted by molar-refractivity contribution is 0.348. The highest BCUT2D eigenvalue weighted by Crippen LogP contribution is 2.33. The summed E-state index contributed by atoms with van der Waals surface area (Å²) in [5.74, 6) is 0. The highest BCUT2D eigenvalue weighted by molar-refractivity contribution is 6.29. The fourth-order valence-electron chi connectivity index (χ4n) is 3.53. The summed E-state index contributed by atoms with van der Waals surface area (Å²) in [5, 5.41) is 0. The third kappa shape index (κ3) is 4.67. The number of aryl methyl sites for hydroxylation is 3. The van der Waals surface area contributed by atoms with E-state index in [2.05, 4.69) is 87.2 Å². The first kappa shape index (κ1) is 19.6. The summed E-state index contributed by atoms with van der Waals surface area (Å²) in [6, 6.07) is 16.2. The predicted molar refractivity (Wildman–Crippen MR) is 112 cm³/mol. The highest BCUT2D eigenvalue weighted by Gasteiger charge is 2.28. The summed E-state index contributed by atoms with van der Waals surface area (Å²) in [6.45, 7) is 15.9. The number of nitrogens with zero attached hydrogens (tertiary/aromatic N) is 2. The molecule has 1 radical (unpaired) electrons. The van der Waals surface area contributed by atoms with Crippen molar-refractivity contribution in [3.63, 3.8) is 0 Å². The smallest absolute Gasteiger partial charge is 0.205 e. The predicted octanol–water partition coefficient (Wildman–Crippen LogP) is 5.17. The molecule has 0 spiro atoms. The molecule has 1 heterocycles. The zero-order valence-corrected chi connectivity index (χ0v) is 16.7. The molecule has 1 unspecified atom stereocenters. The van der Waals surface area contributed by atoms with E-state index in [-0.39, 0.29) is 0 Å². The number of hydrogen-bond acceptors (Lipinski definition) is 2. The van der Waals surface area contributed by atoms with Crippen LogP contribution in [0.4, 0.5) is 5.69 Å². The van der Waals surface area contributed by atoms with E-state index in [0.29, 0.717) is 6.04 Å². The quantitative estimate of drug-likeness (QED) is 0.714. The van der Waals surface area contributed by atoms with Gasteiger partial charge in [0.1, 0.15) is 0 Å². The Morgan fingerprint density at radius 3 is 2.12 bits per heavy atom. The van der Waals surface area contributed by atoms with E-state index in [1.54, 1.807) is 0 Å². The van der Waals surface area contributed by atoms with Gasteiger partial charge in [-0.3, -0.25) is 0 Å². The van der Waals surface area contributed by atoms with Crippen LogP contribution in [0.15, 0.2) is 42.5 Å². The van der Waals surface area contributed by atoms with Gasteiger partial charge in [-0.2, -0.15) is 0 Å². The second-order valence-electron chi connectivity index (χ2n) is 6.66. The minimum absolute atomic E-state index is 0.405. The lowest BCUT2D eigenvalue weighted by Crippen LogP contribution is -2.49. The Morgan fingerprint density at radius 1 is 0.880 bits per heavy atom. The number of benzene rings is 2. The van der Waals surface area contributed by atoms with Gasteiger partial charge >= 0.3 is 0 Å². The minimum atomic E-state index is 0.405. The van der Waals surface area contributed by atoms with E-state index in [0.717, 1.165) is 19.6 Å². The standard InChI is InChI=1S/C20H26BN2.C2H6/c1-15-5-8-18(9-6-15)20-14-22(21-4)11-12-23(20)19-10-7-16(2)13-17(19)3;1-2/h5-10,13,20H,11-12,14H2,1-4H3;1-2H3. The lowest BCUT2D eigenvalue weighted by Gasteiger charge is -2.43. The van der Waals surface area contributed by atoms with Gasteiger partial charge < -0.3 is 9.71 Å². The molecule has 1 fully saturated rings. The normalized spacial score (nSPS) is 17.7. The Bertz CT molecular complexity index is 666. The van der Waals surface area contributed by atoms with Gasteiger partial charge in [-0.15, -0.1) is 0 Å². The van der Waals surface area contributed by atoms with Gasteiger partial charge in [0, 0.05) is 25.3 Å². The topological polar surface area (TPSA) is 6.48 Å². The summed E-state index contributed by atoms with van der Waals surface area (Å²) in [5.41, 5.74) is 6.80. The molecule has 133 valence electrons. The van der Waals surface area contributed by atoms with Crippen molar-refractivity contribution in [2.75, 3.05) is 24.5 Å². The Hall–Kier alpha value is -1.74. The van der Waals surface area contributed by atoms with Crippen LogP contribution in [0.1, 0.15) is 42.1 Å². The number of anilines is 1. The Kier molecular flexibility index (Phi) is 7.13. The van der Waals surface area contributed by atoms with Gasteiger partial charge in [0.25, 0.3) is 0 Å². The van der Waals surface area contributed by atoms with Gasteiger partial charge in [-0.05, 0) is 38.0 Å². The molecule has 2 nitrogen and oxygen atoms in total. The monoisotopic (exact) mass is 335 g/mol. The second-order valence-corrected chi connectivity index (χ2v) is 6.66. The van der Waals surface area contributed by atoms with E-state index >= 15 is 0 Å². The minimum Gasteiger partial charge on any atom is -0.362 e. The zero-order chi connectivity index (χ0) is 18.4. The molecule has 0 amide bonds. The molecular weight excluding hydrogens is 303 g/mol. The van der Waals surface area contributed by atoms with Crippen LogP contribution >= 0.6 is 0 Å². The molecule has 1 aliphatic heterocycles. The maximum atomic E-state index is 2.58. The maximum absolute atomic E-state index is 2.58. The first-order valence-corrected chi connectivity index (χ1v) is 9.52. The van der Waals surface area contributed by atoms with E-state index < -0.39 is 0 Å². The van der Waals surface area contributed by atoms with Crippen LogP contribution in [0.3, 0.4) is 0 Å². The molecule has 25 heavy (non-hydrogen) atoms. The van der Waals surface area contributed by atoms with Crippen molar-refractivity contribution < 1.29 is 0 Å². The molecule has 0 aliphatic carbocycles. The van der Waals surface area contributed by atoms with Crippen LogP contribution in [-0.2, 0) is 0 Å². The van der Waals surface area contributed by atoms with Crippen molar-refractivity contribution in [2.45, 2.75) is 47.5 Å². The Morgan fingerprint density at radius 2 is 1.52 bits per heavy atom. The second kappa shape index (κ2) is 9.10. The summed E-state index contributed by atoms with van der Waals surface area (Å²) in [6.07, 6.45) is 0. The van der Waals surface area contributed by atoms with Crippen molar-refractivity contribution >= 4 is 13.1 Å². The van der Waals surface area contributed by atoms with Gasteiger partial charge in [-0.25, -0.2) is 0 Å². The molecule has 0 saturated carbocycles. The molecule has 1 atom stereocenters. The van der Waals surface area contributed by atoms with E-state index in [1.807, 2.05) is 13.8 Å².